The minimum atomic E-state index is -0.354. The molecule has 5 atom stereocenters. The number of ether oxygens (including phenoxy) is 1. The molecule has 1 saturated heterocycles. The minimum absolute atomic E-state index is 0.0919. The zero-order valence-electron chi connectivity index (χ0n) is 20.5. The molecule has 2 bridgehead atoms. The fraction of sp³-hybridized carbons (Fsp3) is 0.481. The molecule has 9 nitrogen and oxygen atoms in total. The molecule has 1 aromatic heterocycles. The molecular weight excluding hydrogens is 458 g/mol. The second kappa shape index (κ2) is 10.6. The number of nitrogens with one attached hydrogen (secondary N) is 2. The van der Waals surface area contributed by atoms with Crippen LogP contribution in [0.2, 0.25) is 0 Å². The number of fused-ring (bicyclic) bond motifs is 2. The summed E-state index contributed by atoms with van der Waals surface area (Å²) in [6.07, 6.45) is 9.07. The molecular formula is C27H33N5O4. The number of imidazole rings is 1. The summed E-state index contributed by atoms with van der Waals surface area (Å²) in [7, 11) is 0. The molecule has 190 valence electrons. The van der Waals surface area contributed by atoms with E-state index in [4.69, 9.17) is 4.74 Å². The first kappa shape index (κ1) is 24.1. The Balaban J connectivity index is 1.17. The summed E-state index contributed by atoms with van der Waals surface area (Å²) in [5.74, 6) is 0.319. The molecule has 36 heavy (non-hydrogen) atoms. The van der Waals surface area contributed by atoms with Crippen molar-refractivity contribution in [2.75, 3.05) is 19.6 Å². The second-order valence-electron chi connectivity index (χ2n) is 10.1. The first-order valence-electron chi connectivity index (χ1n) is 12.7. The number of benzene rings is 1. The number of nitrogens with zero attached hydrogens (tertiary/aromatic N) is 3. The molecule has 0 spiro atoms. The highest BCUT2D eigenvalue weighted by atomic mass is 16.6. The topological polar surface area (TPSA) is 108 Å². The molecule has 2 aliphatic carbocycles. The van der Waals surface area contributed by atoms with Gasteiger partial charge in [0.1, 0.15) is 6.61 Å². The van der Waals surface area contributed by atoms with E-state index in [2.05, 4.69) is 15.3 Å². The van der Waals surface area contributed by atoms with E-state index in [0.29, 0.717) is 31.5 Å². The van der Waals surface area contributed by atoms with Crippen LogP contribution in [0.15, 0.2) is 48.9 Å². The molecule has 0 radical (unpaired) electrons. The van der Waals surface area contributed by atoms with Crippen LogP contribution in [0, 0.1) is 17.8 Å². The molecule has 2 heterocycles. The standard InChI is InChI=1S/C27H33N5O4/c1-18-15-31(11-12-32(18)27(35)36-16-19-5-3-2-4-6-19)26(34)24-20-7-8-21(13-20)25(24)30-23(33)10-9-22-14-28-17-29-22/h2-6,9-10,14,17-18,20-21,24-25H,7-8,11-13,15-16H2,1H3,(H,28,29)(H,30,33)/b10-9+/t18-,20+,21-,24-,25+/m0/s1. The Labute approximate surface area is 210 Å². The zero-order valence-corrected chi connectivity index (χ0v) is 20.5. The fourth-order valence-electron chi connectivity index (χ4n) is 6.03. The molecule has 1 aliphatic heterocycles. The molecule has 2 N–H and O–H groups in total. The maximum absolute atomic E-state index is 13.7. The monoisotopic (exact) mass is 491 g/mol. The molecule has 3 amide bonds. The second-order valence-corrected chi connectivity index (χ2v) is 10.1. The van der Waals surface area contributed by atoms with Gasteiger partial charge in [0.25, 0.3) is 0 Å². The van der Waals surface area contributed by atoms with Crippen molar-refractivity contribution in [3.63, 3.8) is 0 Å². The summed E-state index contributed by atoms with van der Waals surface area (Å²) in [6.45, 7) is 3.55. The van der Waals surface area contributed by atoms with E-state index < -0.39 is 0 Å². The van der Waals surface area contributed by atoms with Crippen LogP contribution in [0.25, 0.3) is 6.08 Å². The Morgan fingerprint density at radius 2 is 1.97 bits per heavy atom. The van der Waals surface area contributed by atoms with Gasteiger partial charge in [-0.2, -0.15) is 0 Å². The summed E-state index contributed by atoms with van der Waals surface area (Å²) in [5, 5.41) is 3.12. The molecule has 3 fully saturated rings. The molecule has 1 aromatic carbocycles. The average Bonchev–Trinajstić information content (AvgIpc) is 3.65. The molecule has 0 unspecified atom stereocenters. The van der Waals surface area contributed by atoms with Gasteiger partial charge in [0.05, 0.1) is 24.1 Å². The van der Waals surface area contributed by atoms with Crippen molar-refractivity contribution < 1.29 is 19.1 Å². The van der Waals surface area contributed by atoms with Gasteiger partial charge >= 0.3 is 6.09 Å². The summed E-state index contributed by atoms with van der Waals surface area (Å²) in [6, 6.07) is 9.30. The maximum Gasteiger partial charge on any atom is 0.410 e. The van der Waals surface area contributed by atoms with E-state index in [1.807, 2.05) is 42.2 Å². The van der Waals surface area contributed by atoms with Gasteiger partial charge in [0.15, 0.2) is 0 Å². The van der Waals surface area contributed by atoms with Gasteiger partial charge < -0.3 is 24.8 Å². The van der Waals surface area contributed by atoms with Gasteiger partial charge in [-0.1, -0.05) is 30.3 Å². The first-order chi connectivity index (χ1) is 17.5. The number of rotatable bonds is 6. The van der Waals surface area contributed by atoms with Crippen LogP contribution in [0.4, 0.5) is 4.79 Å². The Hall–Kier alpha value is -3.62. The van der Waals surface area contributed by atoms with Gasteiger partial charge in [-0.3, -0.25) is 9.59 Å². The zero-order chi connectivity index (χ0) is 25.1. The van der Waals surface area contributed by atoms with Crippen LogP contribution >= 0.6 is 0 Å². The number of aromatic nitrogens is 2. The lowest BCUT2D eigenvalue weighted by Gasteiger charge is -2.42. The Bertz CT molecular complexity index is 1100. The fourth-order valence-corrected chi connectivity index (χ4v) is 6.03. The smallest absolute Gasteiger partial charge is 0.410 e. The maximum atomic E-state index is 13.7. The van der Waals surface area contributed by atoms with Crippen molar-refractivity contribution in [1.82, 2.24) is 25.1 Å². The number of piperazine rings is 1. The van der Waals surface area contributed by atoms with Crippen LogP contribution < -0.4 is 5.32 Å². The van der Waals surface area contributed by atoms with Crippen LogP contribution in [0.1, 0.15) is 37.4 Å². The van der Waals surface area contributed by atoms with E-state index in [1.165, 1.54) is 6.08 Å². The van der Waals surface area contributed by atoms with Crippen LogP contribution in [0.3, 0.4) is 0 Å². The van der Waals surface area contributed by atoms with Crippen molar-refractivity contribution in [2.24, 2.45) is 17.8 Å². The highest BCUT2D eigenvalue weighted by Crippen LogP contribution is 2.49. The van der Waals surface area contributed by atoms with Crippen molar-refractivity contribution in [1.29, 1.82) is 0 Å². The van der Waals surface area contributed by atoms with Gasteiger partial charge in [-0.15, -0.1) is 0 Å². The van der Waals surface area contributed by atoms with Crippen LogP contribution in [-0.4, -0.2) is 69.4 Å². The van der Waals surface area contributed by atoms with E-state index in [0.717, 1.165) is 30.5 Å². The number of carbonyl (C=O) groups is 3. The van der Waals surface area contributed by atoms with Crippen LogP contribution in [-0.2, 0) is 20.9 Å². The molecule has 2 aromatic rings. The molecule has 2 saturated carbocycles. The van der Waals surface area contributed by atoms with Gasteiger partial charge in [0.2, 0.25) is 11.8 Å². The van der Waals surface area contributed by atoms with Crippen molar-refractivity contribution >= 4 is 24.0 Å². The van der Waals surface area contributed by atoms with Crippen LogP contribution in [0.5, 0.6) is 0 Å². The number of amides is 3. The Morgan fingerprint density at radius 3 is 2.72 bits per heavy atom. The predicted octanol–water partition coefficient (Wildman–Crippen LogP) is 2.82. The lowest BCUT2D eigenvalue weighted by atomic mass is 9.83. The number of aromatic amines is 1. The Morgan fingerprint density at radius 1 is 1.17 bits per heavy atom. The highest BCUT2D eigenvalue weighted by molar-refractivity contribution is 5.92. The number of hydrogen-bond acceptors (Lipinski definition) is 5. The lowest BCUT2D eigenvalue weighted by molar-refractivity contribution is -0.141. The molecule has 3 aliphatic rings. The predicted molar refractivity (Wildman–Crippen MR) is 133 cm³/mol. The first-order valence-corrected chi connectivity index (χ1v) is 12.7. The van der Waals surface area contributed by atoms with Crippen molar-refractivity contribution in [3.05, 3.63) is 60.2 Å². The Kier molecular flexibility index (Phi) is 7.06. The average molecular weight is 492 g/mol. The quantitative estimate of drug-likeness (QED) is 0.605. The van der Waals surface area contributed by atoms with E-state index in [1.54, 1.807) is 23.5 Å². The third-order valence-electron chi connectivity index (χ3n) is 7.82. The highest BCUT2D eigenvalue weighted by Gasteiger charge is 2.52. The molecule has 9 heteroatoms. The minimum Gasteiger partial charge on any atom is -0.445 e. The van der Waals surface area contributed by atoms with E-state index in [9.17, 15) is 14.4 Å². The third-order valence-corrected chi connectivity index (χ3v) is 7.82. The SMILES string of the molecule is C[C@H]1CN(C(=O)[C@H]2[C@@H]3CC[C@@H](C3)[C@H]2NC(=O)/C=C/c2cnc[nH]2)CCN1C(=O)OCc1ccccc1. The van der Waals surface area contributed by atoms with E-state index >= 15 is 0 Å². The summed E-state index contributed by atoms with van der Waals surface area (Å²) < 4.78 is 5.51. The number of H-pyrrole nitrogens is 1. The summed E-state index contributed by atoms with van der Waals surface area (Å²) in [5.41, 5.74) is 1.69. The number of hydrogen-bond donors (Lipinski definition) is 2. The third kappa shape index (κ3) is 5.15. The lowest BCUT2D eigenvalue weighted by Crippen LogP contribution is -2.58. The molecule has 5 rings (SSSR count). The van der Waals surface area contributed by atoms with Gasteiger partial charge in [-0.25, -0.2) is 9.78 Å². The summed E-state index contributed by atoms with van der Waals surface area (Å²) in [4.78, 5) is 49.4. The number of carbonyl (C=O) groups excluding carboxylic acids is 3. The van der Waals surface area contributed by atoms with Crippen molar-refractivity contribution in [3.8, 4) is 0 Å². The normalized spacial score (nSPS) is 27.4. The van der Waals surface area contributed by atoms with Gasteiger partial charge in [0, 0.05) is 37.8 Å². The largest absolute Gasteiger partial charge is 0.445 e. The van der Waals surface area contributed by atoms with Gasteiger partial charge in [-0.05, 0) is 49.7 Å². The van der Waals surface area contributed by atoms with E-state index in [-0.39, 0.29) is 42.5 Å². The van der Waals surface area contributed by atoms with Crippen molar-refractivity contribution in [2.45, 2.75) is 44.9 Å². The summed E-state index contributed by atoms with van der Waals surface area (Å²) >= 11 is 0.